The SMILES string of the molecule is N#CC(=Cc1ccc(-c2ccc(Cl)cc2Cl)o1)C(=O)Nc1ncc(Cc2ccc(Cl)cc2)s1. The summed E-state index contributed by atoms with van der Waals surface area (Å²) < 4.78 is 5.74. The molecule has 0 aliphatic carbocycles. The fraction of sp³-hybridized carbons (Fsp3) is 0.0417. The number of benzene rings is 2. The fourth-order valence-corrected chi connectivity index (χ4v) is 4.44. The Bertz CT molecular complexity index is 1380. The highest BCUT2D eigenvalue weighted by Gasteiger charge is 2.14. The number of carbonyl (C=O) groups is 1. The van der Waals surface area contributed by atoms with Gasteiger partial charge in [-0.15, -0.1) is 11.3 Å². The zero-order valence-corrected chi connectivity index (χ0v) is 19.9. The zero-order valence-electron chi connectivity index (χ0n) is 16.8. The van der Waals surface area contributed by atoms with Crippen molar-refractivity contribution in [2.24, 2.45) is 0 Å². The Morgan fingerprint density at radius 3 is 2.58 bits per heavy atom. The third kappa shape index (κ3) is 5.84. The number of nitrogens with one attached hydrogen (secondary N) is 1. The van der Waals surface area contributed by atoms with Gasteiger partial charge < -0.3 is 4.42 Å². The van der Waals surface area contributed by atoms with E-state index in [-0.39, 0.29) is 5.57 Å². The average molecular weight is 515 g/mol. The van der Waals surface area contributed by atoms with Crippen molar-refractivity contribution in [1.82, 2.24) is 4.98 Å². The number of rotatable bonds is 6. The summed E-state index contributed by atoms with van der Waals surface area (Å²) in [6, 6.07) is 17.8. The van der Waals surface area contributed by atoms with Crippen molar-refractivity contribution in [3.05, 3.63) is 97.6 Å². The van der Waals surface area contributed by atoms with Gasteiger partial charge >= 0.3 is 0 Å². The molecule has 4 aromatic rings. The van der Waals surface area contributed by atoms with Crippen LogP contribution in [0.25, 0.3) is 17.4 Å². The molecule has 0 unspecified atom stereocenters. The molecule has 0 radical (unpaired) electrons. The maximum atomic E-state index is 12.6. The number of aromatic nitrogens is 1. The van der Waals surface area contributed by atoms with Crippen LogP contribution in [-0.4, -0.2) is 10.9 Å². The Hall–Kier alpha value is -3.08. The standard InChI is InChI=1S/C24H14Cl3N3O2S/c25-16-3-1-14(2-4-16)9-19-13-29-24(33-19)30-23(31)15(12-28)10-18-6-8-22(32-18)20-7-5-17(26)11-21(20)27/h1-8,10-11,13H,9H2,(H,29,30,31). The normalized spacial score (nSPS) is 11.3. The number of hydrogen-bond acceptors (Lipinski definition) is 5. The molecule has 0 saturated heterocycles. The first-order valence-electron chi connectivity index (χ1n) is 9.59. The molecule has 4 rings (SSSR count). The molecule has 0 saturated carbocycles. The molecule has 0 fully saturated rings. The summed E-state index contributed by atoms with van der Waals surface area (Å²) in [6.07, 6.45) is 3.72. The number of nitriles is 1. The van der Waals surface area contributed by atoms with Crippen molar-refractivity contribution in [2.45, 2.75) is 6.42 Å². The lowest BCUT2D eigenvalue weighted by Crippen LogP contribution is -2.13. The minimum absolute atomic E-state index is 0.118. The minimum atomic E-state index is -0.577. The van der Waals surface area contributed by atoms with E-state index in [1.165, 1.54) is 17.4 Å². The van der Waals surface area contributed by atoms with Crippen LogP contribution in [0.2, 0.25) is 15.1 Å². The van der Waals surface area contributed by atoms with Crippen LogP contribution < -0.4 is 5.32 Å². The first-order chi connectivity index (χ1) is 15.9. The lowest BCUT2D eigenvalue weighted by Gasteiger charge is -2.01. The van der Waals surface area contributed by atoms with Crippen molar-refractivity contribution >= 4 is 63.3 Å². The molecule has 2 aromatic heterocycles. The van der Waals surface area contributed by atoms with Crippen molar-refractivity contribution < 1.29 is 9.21 Å². The van der Waals surface area contributed by atoms with Gasteiger partial charge in [-0.3, -0.25) is 10.1 Å². The highest BCUT2D eigenvalue weighted by molar-refractivity contribution is 7.15. The lowest BCUT2D eigenvalue weighted by atomic mass is 10.1. The van der Waals surface area contributed by atoms with Crippen LogP contribution >= 0.6 is 46.1 Å². The predicted molar refractivity (Wildman–Crippen MR) is 133 cm³/mol. The summed E-state index contributed by atoms with van der Waals surface area (Å²) in [6.45, 7) is 0. The molecule has 0 aliphatic rings. The number of hydrogen-bond donors (Lipinski definition) is 1. The number of furan rings is 1. The predicted octanol–water partition coefficient (Wildman–Crippen LogP) is 7.50. The van der Waals surface area contributed by atoms with Crippen LogP contribution in [-0.2, 0) is 11.2 Å². The summed E-state index contributed by atoms with van der Waals surface area (Å²) in [5.74, 6) is 0.255. The smallest absolute Gasteiger partial charge is 0.268 e. The summed E-state index contributed by atoms with van der Waals surface area (Å²) in [5, 5.41) is 14.2. The van der Waals surface area contributed by atoms with Crippen molar-refractivity contribution in [3.63, 3.8) is 0 Å². The quantitative estimate of drug-likeness (QED) is 0.213. The second-order valence-electron chi connectivity index (χ2n) is 6.89. The second kappa shape index (κ2) is 10.2. The van der Waals surface area contributed by atoms with Gasteiger partial charge in [0.05, 0.1) is 5.02 Å². The van der Waals surface area contributed by atoms with Crippen molar-refractivity contribution in [1.29, 1.82) is 5.26 Å². The maximum absolute atomic E-state index is 12.6. The topological polar surface area (TPSA) is 78.9 Å². The van der Waals surface area contributed by atoms with Crippen molar-refractivity contribution in [3.8, 4) is 17.4 Å². The highest BCUT2D eigenvalue weighted by atomic mass is 35.5. The summed E-state index contributed by atoms with van der Waals surface area (Å²) in [5.41, 5.74) is 1.61. The molecule has 0 bridgehead atoms. The molecule has 1 amide bonds. The zero-order chi connectivity index (χ0) is 23.4. The highest BCUT2D eigenvalue weighted by Crippen LogP contribution is 2.32. The van der Waals surface area contributed by atoms with E-state index in [2.05, 4.69) is 10.3 Å². The Kier molecular flexibility index (Phi) is 7.17. The van der Waals surface area contributed by atoms with E-state index >= 15 is 0 Å². The van der Waals surface area contributed by atoms with Crippen LogP contribution in [0.1, 0.15) is 16.2 Å². The fourth-order valence-electron chi connectivity index (χ4n) is 2.97. The van der Waals surface area contributed by atoms with Crippen LogP contribution in [0.4, 0.5) is 5.13 Å². The number of anilines is 1. The van der Waals surface area contributed by atoms with E-state index in [0.29, 0.717) is 43.7 Å². The second-order valence-corrected chi connectivity index (χ2v) is 9.28. The molecule has 2 heterocycles. The monoisotopic (exact) mass is 513 g/mol. The number of nitrogens with zero attached hydrogens (tertiary/aromatic N) is 2. The van der Waals surface area contributed by atoms with Gasteiger partial charge in [0.1, 0.15) is 23.2 Å². The van der Waals surface area contributed by atoms with Gasteiger partial charge in [0.25, 0.3) is 5.91 Å². The molecule has 9 heteroatoms. The van der Waals surface area contributed by atoms with E-state index in [9.17, 15) is 10.1 Å². The van der Waals surface area contributed by atoms with Gasteiger partial charge in [-0.2, -0.15) is 5.26 Å². The first-order valence-corrected chi connectivity index (χ1v) is 11.5. The van der Waals surface area contributed by atoms with E-state index in [4.69, 9.17) is 39.2 Å². The Morgan fingerprint density at radius 2 is 1.85 bits per heavy atom. The van der Waals surface area contributed by atoms with E-state index in [0.717, 1.165) is 10.4 Å². The molecule has 1 N–H and O–H groups in total. The Balaban J connectivity index is 1.45. The average Bonchev–Trinajstić information content (AvgIpc) is 3.43. The molecule has 0 spiro atoms. The molecular weight excluding hydrogens is 501 g/mol. The largest absolute Gasteiger partial charge is 0.457 e. The van der Waals surface area contributed by atoms with Crippen LogP contribution in [0.5, 0.6) is 0 Å². The summed E-state index contributed by atoms with van der Waals surface area (Å²) >= 11 is 19.4. The van der Waals surface area contributed by atoms with Gasteiger partial charge in [-0.25, -0.2) is 4.98 Å². The van der Waals surface area contributed by atoms with Crippen molar-refractivity contribution in [2.75, 3.05) is 5.32 Å². The van der Waals surface area contributed by atoms with Gasteiger partial charge in [0.15, 0.2) is 5.13 Å². The van der Waals surface area contributed by atoms with E-state index in [1.807, 2.05) is 30.3 Å². The molecule has 0 atom stereocenters. The number of thiazole rings is 1. The summed E-state index contributed by atoms with van der Waals surface area (Å²) in [4.78, 5) is 17.8. The molecule has 0 aliphatic heterocycles. The van der Waals surface area contributed by atoms with Gasteiger partial charge in [-0.1, -0.05) is 46.9 Å². The van der Waals surface area contributed by atoms with Gasteiger partial charge in [-0.05, 0) is 48.0 Å². The molecular formula is C24H14Cl3N3O2S. The Labute approximate surface area is 208 Å². The number of amides is 1. The third-order valence-electron chi connectivity index (χ3n) is 4.54. The first kappa shape index (κ1) is 23.1. The number of carbonyl (C=O) groups excluding carboxylic acids is 1. The molecule has 33 heavy (non-hydrogen) atoms. The van der Waals surface area contributed by atoms with E-state index < -0.39 is 5.91 Å². The van der Waals surface area contributed by atoms with Gasteiger partial charge in [0, 0.05) is 39.2 Å². The van der Waals surface area contributed by atoms with Crippen LogP contribution in [0.15, 0.2) is 70.8 Å². The maximum Gasteiger partial charge on any atom is 0.268 e. The van der Waals surface area contributed by atoms with Crippen LogP contribution in [0, 0.1) is 11.3 Å². The molecule has 2 aromatic carbocycles. The molecule has 164 valence electrons. The van der Waals surface area contributed by atoms with E-state index in [1.54, 1.807) is 36.5 Å². The Morgan fingerprint density at radius 1 is 1.09 bits per heavy atom. The van der Waals surface area contributed by atoms with Gasteiger partial charge in [0.2, 0.25) is 0 Å². The third-order valence-corrected chi connectivity index (χ3v) is 6.25. The number of halogens is 3. The summed E-state index contributed by atoms with van der Waals surface area (Å²) in [7, 11) is 0. The minimum Gasteiger partial charge on any atom is -0.457 e. The van der Waals surface area contributed by atoms with Crippen LogP contribution in [0.3, 0.4) is 0 Å². The molecule has 5 nitrogen and oxygen atoms in total. The lowest BCUT2D eigenvalue weighted by molar-refractivity contribution is -0.112.